The molecule has 19 heavy (non-hydrogen) atoms. The molecule has 0 fully saturated rings. The maximum atomic E-state index is 6.13. The minimum absolute atomic E-state index is 0.0135. The van der Waals surface area contributed by atoms with Crippen molar-refractivity contribution in [1.82, 2.24) is 14.9 Å². The van der Waals surface area contributed by atoms with E-state index >= 15 is 0 Å². The number of hydrogen-bond donors (Lipinski definition) is 1. The summed E-state index contributed by atoms with van der Waals surface area (Å²) < 4.78 is 0. The molecular weight excluding hydrogens is 256 g/mol. The van der Waals surface area contributed by atoms with Gasteiger partial charge in [-0.05, 0) is 33.0 Å². The van der Waals surface area contributed by atoms with Crippen molar-refractivity contribution in [3.05, 3.63) is 46.2 Å². The van der Waals surface area contributed by atoms with E-state index in [0.29, 0.717) is 0 Å². The van der Waals surface area contributed by atoms with E-state index in [2.05, 4.69) is 27.3 Å². The smallest absolute Gasteiger partial charge is 0.0897 e. The van der Waals surface area contributed by atoms with Crippen LogP contribution in [-0.2, 0) is 6.54 Å². The first-order valence-corrected chi connectivity index (χ1v) is 7.23. The third kappa shape index (κ3) is 3.59. The Hall–Kier alpha value is -1.30. The molecule has 2 N–H and O–H groups in total. The normalized spacial score (nSPS) is 14.6. The lowest BCUT2D eigenvalue weighted by atomic mass is 10.0. The summed E-state index contributed by atoms with van der Waals surface area (Å²) in [5, 5.41) is 3.20. The molecule has 0 spiro atoms. The fourth-order valence-electron chi connectivity index (χ4n) is 2.28. The van der Waals surface area contributed by atoms with E-state index in [9.17, 15) is 0 Å². The van der Waals surface area contributed by atoms with Crippen LogP contribution in [0.3, 0.4) is 0 Å². The lowest BCUT2D eigenvalue weighted by molar-refractivity contribution is 0.204. The van der Waals surface area contributed by atoms with Crippen molar-refractivity contribution in [2.24, 2.45) is 5.73 Å². The first-order chi connectivity index (χ1) is 9.08. The van der Waals surface area contributed by atoms with Crippen molar-refractivity contribution < 1.29 is 0 Å². The van der Waals surface area contributed by atoms with Crippen LogP contribution in [0.25, 0.3) is 0 Å². The molecule has 2 atom stereocenters. The number of aromatic nitrogens is 2. The summed E-state index contributed by atoms with van der Waals surface area (Å²) >= 11 is 1.68. The van der Waals surface area contributed by atoms with Crippen molar-refractivity contribution in [2.75, 3.05) is 7.05 Å². The molecule has 0 aliphatic heterocycles. The van der Waals surface area contributed by atoms with Crippen molar-refractivity contribution in [1.29, 1.82) is 0 Å². The molecule has 2 unspecified atom stereocenters. The van der Waals surface area contributed by atoms with Crippen molar-refractivity contribution in [2.45, 2.75) is 32.5 Å². The summed E-state index contributed by atoms with van der Waals surface area (Å²) in [7, 11) is 2.07. The zero-order valence-electron chi connectivity index (χ0n) is 11.6. The van der Waals surface area contributed by atoms with Gasteiger partial charge in [0.15, 0.2) is 0 Å². The van der Waals surface area contributed by atoms with E-state index in [-0.39, 0.29) is 12.1 Å². The van der Waals surface area contributed by atoms with Gasteiger partial charge in [-0.15, -0.1) is 11.3 Å². The molecule has 0 bridgehead atoms. The highest BCUT2D eigenvalue weighted by molar-refractivity contribution is 7.09. The maximum absolute atomic E-state index is 6.13. The highest BCUT2D eigenvalue weighted by Crippen LogP contribution is 2.22. The van der Waals surface area contributed by atoms with Gasteiger partial charge in [0, 0.05) is 24.2 Å². The van der Waals surface area contributed by atoms with E-state index in [1.54, 1.807) is 11.3 Å². The first-order valence-electron chi connectivity index (χ1n) is 6.35. The molecule has 2 aromatic heterocycles. The summed E-state index contributed by atoms with van der Waals surface area (Å²) in [4.78, 5) is 11.1. The molecule has 0 saturated heterocycles. The van der Waals surface area contributed by atoms with Gasteiger partial charge in [-0.25, -0.2) is 4.98 Å². The van der Waals surface area contributed by atoms with E-state index in [1.807, 2.05) is 38.2 Å². The highest BCUT2D eigenvalue weighted by Gasteiger charge is 2.22. The van der Waals surface area contributed by atoms with Crippen LogP contribution in [0, 0.1) is 6.92 Å². The van der Waals surface area contributed by atoms with Gasteiger partial charge >= 0.3 is 0 Å². The lowest BCUT2D eigenvalue weighted by Gasteiger charge is -2.30. The SMILES string of the molecule is Cc1nc(CN(C)C(c2ccccn2)C(C)N)cs1. The Morgan fingerprint density at radius 1 is 1.42 bits per heavy atom. The van der Waals surface area contributed by atoms with Crippen LogP contribution in [0.15, 0.2) is 29.8 Å². The number of nitrogens with zero attached hydrogens (tertiary/aromatic N) is 3. The predicted molar refractivity (Wildman–Crippen MR) is 78.9 cm³/mol. The molecule has 0 aromatic carbocycles. The molecule has 0 saturated carbocycles. The molecule has 2 heterocycles. The van der Waals surface area contributed by atoms with Gasteiger partial charge in [-0.3, -0.25) is 9.88 Å². The van der Waals surface area contributed by atoms with Gasteiger partial charge < -0.3 is 5.73 Å². The Bertz CT molecular complexity index is 509. The van der Waals surface area contributed by atoms with Crippen LogP contribution < -0.4 is 5.73 Å². The molecule has 2 aromatic rings. The summed E-state index contributed by atoms with van der Waals surface area (Å²) in [5.41, 5.74) is 8.22. The lowest BCUT2D eigenvalue weighted by Crippen LogP contribution is -2.37. The second-order valence-corrected chi connectivity index (χ2v) is 5.89. The number of nitrogens with two attached hydrogens (primary N) is 1. The highest BCUT2D eigenvalue weighted by atomic mass is 32.1. The minimum atomic E-state index is 0.0135. The number of hydrogen-bond acceptors (Lipinski definition) is 5. The average molecular weight is 276 g/mol. The molecule has 5 heteroatoms. The number of thiazole rings is 1. The Kier molecular flexibility index (Phi) is 4.63. The molecule has 0 aliphatic rings. The fourth-order valence-corrected chi connectivity index (χ4v) is 2.89. The third-order valence-corrected chi connectivity index (χ3v) is 3.86. The van der Waals surface area contributed by atoms with Gasteiger partial charge in [0.05, 0.1) is 22.4 Å². The van der Waals surface area contributed by atoms with E-state index in [0.717, 1.165) is 22.9 Å². The number of likely N-dealkylation sites (N-methyl/N-ethyl adjacent to an activating group) is 1. The van der Waals surface area contributed by atoms with Gasteiger partial charge in [0.1, 0.15) is 0 Å². The zero-order valence-corrected chi connectivity index (χ0v) is 12.4. The summed E-state index contributed by atoms with van der Waals surface area (Å²) in [6.45, 7) is 4.82. The van der Waals surface area contributed by atoms with Gasteiger partial charge in [-0.2, -0.15) is 0 Å². The van der Waals surface area contributed by atoms with Crippen molar-refractivity contribution >= 4 is 11.3 Å². The third-order valence-electron chi connectivity index (χ3n) is 3.04. The largest absolute Gasteiger partial charge is 0.326 e. The van der Waals surface area contributed by atoms with Crippen molar-refractivity contribution in [3.8, 4) is 0 Å². The van der Waals surface area contributed by atoms with E-state index in [1.165, 1.54) is 0 Å². The Labute approximate surface area is 118 Å². The average Bonchev–Trinajstić information content (AvgIpc) is 2.75. The quantitative estimate of drug-likeness (QED) is 0.911. The zero-order chi connectivity index (χ0) is 13.8. The summed E-state index contributed by atoms with van der Waals surface area (Å²) in [6, 6.07) is 6.06. The van der Waals surface area contributed by atoms with Crippen molar-refractivity contribution in [3.63, 3.8) is 0 Å². The van der Waals surface area contributed by atoms with Gasteiger partial charge in [0.25, 0.3) is 0 Å². The standard InChI is InChI=1S/C14H20N4S/c1-10(15)14(13-6-4-5-7-16-13)18(3)8-12-9-19-11(2)17-12/h4-7,9-10,14H,8,15H2,1-3H3. The Morgan fingerprint density at radius 2 is 2.21 bits per heavy atom. The summed E-state index contributed by atoms with van der Waals surface area (Å²) in [5.74, 6) is 0. The molecule has 0 radical (unpaired) electrons. The second kappa shape index (κ2) is 6.23. The molecule has 4 nitrogen and oxygen atoms in total. The predicted octanol–water partition coefficient (Wildman–Crippen LogP) is 2.37. The fraction of sp³-hybridized carbons (Fsp3) is 0.429. The van der Waals surface area contributed by atoms with Gasteiger partial charge in [0.2, 0.25) is 0 Å². The van der Waals surface area contributed by atoms with Crippen LogP contribution >= 0.6 is 11.3 Å². The molecule has 0 aliphatic carbocycles. The Morgan fingerprint density at radius 3 is 2.74 bits per heavy atom. The van der Waals surface area contributed by atoms with Crippen LogP contribution in [0.2, 0.25) is 0 Å². The number of pyridine rings is 1. The second-order valence-electron chi connectivity index (χ2n) is 4.83. The van der Waals surface area contributed by atoms with Crippen LogP contribution in [-0.4, -0.2) is 28.0 Å². The first kappa shape index (κ1) is 14.1. The number of rotatable bonds is 5. The van der Waals surface area contributed by atoms with E-state index < -0.39 is 0 Å². The van der Waals surface area contributed by atoms with Gasteiger partial charge in [-0.1, -0.05) is 6.07 Å². The minimum Gasteiger partial charge on any atom is -0.326 e. The number of aryl methyl sites for hydroxylation is 1. The topological polar surface area (TPSA) is 55.0 Å². The van der Waals surface area contributed by atoms with Crippen LogP contribution in [0.5, 0.6) is 0 Å². The monoisotopic (exact) mass is 276 g/mol. The van der Waals surface area contributed by atoms with E-state index in [4.69, 9.17) is 5.73 Å². The molecule has 102 valence electrons. The molecular formula is C14H20N4S. The van der Waals surface area contributed by atoms with Crippen LogP contribution in [0.4, 0.5) is 0 Å². The molecule has 2 rings (SSSR count). The maximum Gasteiger partial charge on any atom is 0.0897 e. The van der Waals surface area contributed by atoms with Crippen LogP contribution in [0.1, 0.15) is 29.4 Å². The molecule has 0 amide bonds. The summed E-state index contributed by atoms with van der Waals surface area (Å²) in [6.07, 6.45) is 1.81. The Balaban J connectivity index is 2.15.